The number of rotatable bonds is 1. The molecule has 0 spiro atoms. The van der Waals surface area contributed by atoms with Gasteiger partial charge in [0.25, 0.3) is 0 Å². The van der Waals surface area contributed by atoms with E-state index >= 15 is 0 Å². The zero-order chi connectivity index (χ0) is 15.7. The first-order chi connectivity index (χ1) is 10.4. The van der Waals surface area contributed by atoms with Crippen molar-refractivity contribution in [1.82, 2.24) is 15.0 Å². The topological polar surface area (TPSA) is 88.2 Å². The van der Waals surface area contributed by atoms with Gasteiger partial charge in [-0.1, -0.05) is 5.92 Å². The quantitative estimate of drug-likeness (QED) is 0.770. The molecule has 0 atom stereocenters. The lowest BCUT2D eigenvalue weighted by Crippen LogP contribution is -2.16. The lowest BCUT2D eigenvalue weighted by atomic mass is 10.1. The molecule has 1 aliphatic heterocycles. The predicted molar refractivity (Wildman–Crippen MR) is 84.6 cm³/mol. The summed E-state index contributed by atoms with van der Waals surface area (Å²) in [6.45, 7) is 4.10. The van der Waals surface area contributed by atoms with E-state index in [4.69, 9.17) is 5.73 Å². The standard InChI is InChI=1S/C16H17N5O/c1-16(2,22)6-3-12-9-13-11(10-19-12)5-8-21(13)14-4-7-18-15(17)20-14/h4,7,9-10,22H,5,8H2,1-2H3,(H2,17,18,20). The van der Waals surface area contributed by atoms with Crippen molar-refractivity contribution in [2.45, 2.75) is 25.9 Å². The van der Waals surface area contributed by atoms with E-state index in [0.29, 0.717) is 5.69 Å². The Morgan fingerprint density at radius 1 is 1.36 bits per heavy atom. The Hall–Kier alpha value is -2.65. The molecule has 0 radical (unpaired) electrons. The molecule has 0 saturated carbocycles. The van der Waals surface area contributed by atoms with Crippen LogP contribution in [0.5, 0.6) is 0 Å². The lowest BCUT2D eigenvalue weighted by Gasteiger charge is -2.18. The molecule has 6 nitrogen and oxygen atoms in total. The van der Waals surface area contributed by atoms with E-state index in [1.165, 1.54) is 0 Å². The first-order valence-corrected chi connectivity index (χ1v) is 7.03. The molecule has 0 amide bonds. The first-order valence-electron chi connectivity index (χ1n) is 7.03. The molecule has 6 heteroatoms. The van der Waals surface area contributed by atoms with Crippen molar-refractivity contribution in [1.29, 1.82) is 0 Å². The maximum absolute atomic E-state index is 9.69. The number of hydrogen-bond donors (Lipinski definition) is 2. The maximum Gasteiger partial charge on any atom is 0.221 e. The Kier molecular flexibility index (Phi) is 3.43. The summed E-state index contributed by atoms with van der Waals surface area (Å²) in [5.74, 6) is 6.69. The molecule has 1 aliphatic rings. The highest BCUT2D eigenvalue weighted by Gasteiger charge is 2.22. The third kappa shape index (κ3) is 3.00. The molecule has 0 unspecified atom stereocenters. The van der Waals surface area contributed by atoms with Crippen LogP contribution >= 0.6 is 0 Å². The number of nitrogens with zero attached hydrogens (tertiary/aromatic N) is 4. The summed E-state index contributed by atoms with van der Waals surface area (Å²) < 4.78 is 0. The molecule has 2 aromatic heterocycles. The lowest BCUT2D eigenvalue weighted by molar-refractivity contribution is 0.143. The van der Waals surface area contributed by atoms with Crippen molar-refractivity contribution < 1.29 is 5.11 Å². The van der Waals surface area contributed by atoms with Gasteiger partial charge >= 0.3 is 0 Å². The summed E-state index contributed by atoms with van der Waals surface area (Å²) in [5, 5.41) is 9.69. The highest BCUT2D eigenvalue weighted by molar-refractivity contribution is 5.68. The smallest absolute Gasteiger partial charge is 0.221 e. The van der Waals surface area contributed by atoms with Crippen LogP contribution in [0.2, 0.25) is 0 Å². The van der Waals surface area contributed by atoms with Crippen molar-refractivity contribution in [3.05, 3.63) is 35.8 Å². The Morgan fingerprint density at radius 2 is 2.18 bits per heavy atom. The van der Waals surface area contributed by atoms with Gasteiger partial charge in [-0.15, -0.1) is 0 Å². The summed E-state index contributed by atoms with van der Waals surface area (Å²) in [7, 11) is 0. The van der Waals surface area contributed by atoms with Gasteiger partial charge in [0.1, 0.15) is 17.1 Å². The van der Waals surface area contributed by atoms with E-state index < -0.39 is 5.60 Å². The summed E-state index contributed by atoms with van der Waals surface area (Å²) in [5.41, 5.74) is 7.41. The zero-order valence-corrected chi connectivity index (χ0v) is 12.5. The molecule has 3 N–H and O–H groups in total. The van der Waals surface area contributed by atoms with Gasteiger partial charge in [-0.2, -0.15) is 4.98 Å². The SMILES string of the molecule is CC(C)(O)C#Cc1cc2c(cn1)CCN2c1ccnc(N)n1. The van der Waals surface area contributed by atoms with Crippen LogP contribution in [-0.2, 0) is 6.42 Å². The minimum Gasteiger partial charge on any atom is -0.378 e. The fraction of sp³-hybridized carbons (Fsp3) is 0.312. The molecule has 2 aromatic rings. The summed E-state index contributed by atoms with van der Waals surface area (Å²) in [6.07, 6.45) is 4.37. The molecule has 3 heterocycles. The number of nitrogen functional groups attached to an aromatic ring is 1. The second-order valence-corrected chi connectivity index (χ2v) is 5.68. The molecule has 0 fully saturated rings. The second-order valence-electron chi connectivity index (χ2n) is 5.68. The number of aromatic nitrogens is 3. The number of hydrogen-bond acceptors (Lipinski definition) is 6. The monoisotopic (exact) mass is 295 g/mol. The van der Waals surface area contributed by atoms with Gasteiger partial charge in [-0.05, 0) is 43.9 Å². The van der Waals surface area contributed by atoms with Crippen LogP contribution in [-0.4, -0.2) is 32.2 Å². The van der Waals surface area contributed by atoms with E-state index in [-0.39, 0.29) is 5.95 Å². The van der Waals surface area contributed by atoms with Crippen LogP contribution < -0.4 is 10.6 Å². The Morgan fingerprint density at radius 3 is 2.91 bits per heavy atom. The Balaban J connectivity index is 1.97. The summed E-state index contributed by atoms with van der Waals surface area (Å²) in [4.78, 5) is 14.6. The van der Waals surface area contributed by atoms with Crippen LogP contribution in [0.25, 0.3) is 0 Å². The first kappa shape index (κ1) is 14.3. The third-order valence-electron chi connectivity index (χ3n) is 3.29. The fourth-order valence-corrected chi connectivity index (χ4v) is 2.31. The molecule has 0 bridgehead atoms. The molecular formula is C16H17N5O. The number of aliphatic hydroxyl groups is 1. The molecule has 0 aliphatic carbocycles. The van der Waals surface area contributed by atoms with E-state index in [9.17, 15) is 5.11 Å². The van der Waals surface area contributed by atoms with E-state index in [0.717, 1.165) is 30.0 Å². The minimum absolute atomic E-state index is 0.252. The van der Waals surface area contributed by atoms with Crippen molar-refractivity contribution in [3.63, 3.8) is 0 Å². The molecule has 3 rings (SSSR count). The van der Waals surface area contributed by atoms with Gasteiger partial charge in [0.2, 0.25) is 5.95 Å². The molecule has 22 heavy (non-hydrogen) atoms. The van der Waals surface area contributed by atoms with Gasteiger partial charge in [0.05, 0.1) is 0 Å². The third-order valence-corrected chi connectivity index (χ3v) is 3.29. The Labute approximate surface area is 129 Å². The van der Waals surface area contributed by atoms with Crippen LogP contribution in [0.15, 0.2) is 24.5 Å². The van der Waals surface area contributed by atoms with Crippen LogP contribution in [0.4, 0.5) is 17.5 Å². The van der Waals surface area contributed by atoms with Crippen LogP contribution in [0, 0.1) is 11.8 Å². The van der Waals surface area contributed by atoms with Gasteiger partial charge in [0.15, 0.2) is 0 Å². The molecular weight excluding hydrogens is 278 g/mol. The van der Waals surface area contributed by atoms with Gasteiger partial charge in [-0.3, -0.25) is 0 Å². The van der Waals surface area contributed by atoms with E-state index in [1.54, 1.807) is 20.0 Å². The second kappa shape index (κ2) is 5.28. The van der Waals surface area contributed by atoms with Crippen molar-refractivity contribution >= 4 is 17.5 Å². The predicted octanol–water partition coefficient (Wildman–Crippen LogP) is 1.27. The average molecular weight is 295 g/mol. The van der Waals surface area contributed by atoms with Gasteiger partial charge < -0.3 is 15.7 Å². The van der Waals surface area contributed by atoms with Crippen molar-refractivity contribution in [2.24, 2.45) is 0 Å². The normalized spacial score (nSPS) is 13.5. The van der Waals surface area contributed by atoms with Crippen molar-refractivity contribution in [3.8, 4) is 11.8 Å². The average Bonchev–Trinajstić information content (AvgIpc) is 2.87. The van der Waals surface area contributed by atoms with Crippen LogP contribution in [0.3, 0.4) is 0 Å². The highest BCUT2D eigenvalue weighted by atomic mass is 16.3. The highest BCUT2D eigenvalue weighted by Crippen LogP contribution is 2.33. The van der Waals surface area contributed by atoms with Gasteiger partial charge in [0, 0.05) is 24.6 Å². The zero-order valence-electron chi connectivity index (χ0n) is 12.5. The van der Waals surface area contributed by atoms with E-state index in [1.807, 2.05) is 18.3 Å². The molecule has 0 aromatic carbocycles. The van der Waals surface area contributed by atoms with Gasteiger partial charge in [-0.25, -0.2) is 9.97 Å². The summed E-state index contributed by atoms with van der Waals surface area (Å²) >= 11 is 0. The number of nitrogens with two attached hydrogens (primary N) is 1. The number of fused-ring (bicyclic) bond motifs is 1. The largest absolute Gasteiger partial charge is 0.378 e. The van der Waals surface area contributed by atoms with E-state index in [2.05, 4.69) is 31.7 Å². The Bertz CT molecular complexity index is 770. The molecule has 112 valence electrons. The minimum atomic E-state index is -1.04. The summed E-state index contributed by atoms with van der Waals surface area (Å²) in [6, 6.07) is 3.74. The number of anilines is 3. The fourth-order valence-electron chi connectivity index (χ4n) is 2.31. The maximum atomic E-state index is 9.69. The number of pyridine rings is 1. The van der Waals surface area contributed by atoms with Crippen molar-refractivity contribution in [2.75, 3.05) is 17.2 Å². The molecule has 0 saturated heterocycles. The van der Waals surface area contributed by atoms with Crippen LogP contribution in [0.1, 0.15) is 25.1 Å².